The number of nitrogens with zero attached hydrogens (tertiary/aromatic N) is 2. The van der Waals surface area contributed by atoms with Crippen LogP contribution in [0.5, 0.6) is 5.75 Å². The quantitative estimate of drug-likeness (QED) is 0.0163. The van der Waals surface area contributed by atoms with Crippen LogP contribution in [0, 0.1) is 16.7 Å². The van der Waals surface area contributed by atoms with E-state index in [2.05, 4.69) is 26.0 Å². The largest absolute Gasteiger partial charge is 0.496 e. The molecule has 0 aliphatic carbocycles. The highest BCUT2D eigenvalue weighted by Gasteiger charge is 2.53. The second kappa shape index (κ2) is 23.6. The Morgan fingerprint density at radius 3 is 2.35 bits per heavy atom. The molecule has 5 atom stereocenters. The fraction of sp³-hybridized carbons (Fsp3) is 0.426. The number of anilines is 2. The molecule has 15 nitrogen and oxygen atoms in total. The zero-order chi connectivity index (χ0) is 51.9. The Morgan fingerprint density at radius 1 is 0.917 bits per heavy atom. The van der Waals surface area contributed by atoms with Crippen LogP contribution in [-0.2, 0) is 25.7 Å². The van der Waals surface area contributed by atoms with Crippen molar-refractivity contribution in [3.8, 4) is 5.75 Å². The van der Waals surface area contributed by atoms with Crippen molar-refractivity contribution in [3.05, 3.63) is 123 Å². The van der Waals surface area contributed by atoms with E-state index in [1.165, 1.54) is 24.0 Å². The van der Waals surface area contributed by atoms with Gasteiger partial charge in [-0.05, 0) is 103 Å². The van der Waals surface area contributed by atoms with E-state index in [-0.39, 0.29) is 77.8 Å². The van der Waals surface area contributed by atoms with Crippen molar-refractivity contribution in [3.63, 3.8) is 0 Å². The number of carbonyl (C=O) groups excluding carboxylic acids is 6. The molecule has 7 rings (SSSR count). The third-order valence-corrected chi connectivity index (χ3v) is 14.9. The molecule has 2 fully saturated rings. The number of hydrogen-bond donors (Lipinski definition) is 6. The van der Waals surface area contributed by atoms with Crippen LogP contribution >= 0.6 is 35.1 Å². The number of hydrogen-bond acceptors (Lipinski definition) is 10. The molecule has 0 radical (unpaired) electrons. The molecule has 18 heteroatoms. The monoisotopic (exact) mass is 1040 g/mol. The number of amides is 6. The number of rotatable bonds is 20. The van der Waals surface area contributed by atoms with Gasteiger partial charge in [0, 0.05) is 94.7 Å². The molecule has 3 aliphatic heterocycles. The number of nitrogens with one attached hydrogen (secondary N) is 6. The molecular formula is C54H64Cl2N8O7S. The first-order valence-corrected chi connectivity index (χ1v) is 26.1. The smallest absolute Gasteiger partial charge is 0.255 e. The summed E-state index contributed by atoms with van der Waals surface area (Å²) in [4.78, 5) is 83.9. The van der Waals surface area contributed by atoms with Gasteiger partial charge in [-0.2, -0.15) is 0 Å². The number of methoxy groups -OCH3 is 1. The van der Waals surface area contributed by atoms with Gasteiger partial charge in [0.15, 0.2) is 0 Å². The van der Waals surface area contributed by atoms with Gasteiger partial charge in [0.25, 0.3) is 11.8 Å². The number of unbranched alkanes of at least 4 members (excludes halogenated alkanes) is 1. The Labute approximate surface area is 435 Å². The number of fused-ring (bicyclic) bond motifs is 1. The highest BCUT2D eigenvalue weighted by Crippen LogP contribution is 2.53. The summed E-state index contributed by atoms with van der Waals surface area (Å²) in [5.74, 6) is -1.76. The minimum atomic E-state index is -1.19. The van der Waals surface area contributed by atoms with Crippen molar-refractivity contribution >= 4 is 87.8 Å². The van der Waals surface area contributed by atoms with Crippen LogP contribution in [0.3, 0.4) is 0 Å². The zero-order valence-electron chi connectivity index (χ0n) is 41.5. The van der Waals surface area contributed by atoms with Crippen LogP contribution in [0.4, 0.5) is 11.4 Å². The second-order valence-electron chi connectivity index (χ2n) is 19.7. The van der Waals surface area contributed by atoms with Gasteiger partial charge in [-0.15, -0.1) is 0 Å². The molecule has 0 bridgehead atoms. The fourth-order valence-corrected chi connectivity index (χ4v) is 10.8. The average molecular weight is 1040 g/mol. The minimum Gasteiger partial charge on any atom is -0.496 e. The lowest BCUT2D eigenvalue weighted by molar-refractivity contribution is -0.158. The first-order valence-electron chi connectivity index (χ1n) is 24.5. The van der Waals surface area contributed by atoms with Crippen LogP contribution < -0.4 is 30.7 Å². The van der Waals surface area contributed by atoms with Gasteiger partial charge in [-0.1, -0.05) is 88.2 Å². The van der Waals surface area contributed by atoms with E-state index in [4.69, 9.17) is 33.3 Å². The van der Waals surface area contributed by atoms with Crippen LogP contribution in [-0.4, -0.2) is 88.6 Å². The van der Waals surface area contributed by atoms with Crippen molar-refractivity contribution in [2.75, 3.05) is 30.8 Å². The summed E-state index contributed by atoms with van der Waals surface area (Å²) < 4.78 is 8.81. The summed E-state index contributed by atoms with van der Waals surface area (Å²) in [5.41, 5.74) is 3.43. The molecule has 4 aromatic rings. The summed E-state index contributed by atoms with van der Waals surface area (Å²) in [6, 6.07) is 23.8. The number of likely N-dealkylation sites (tertiary alicyclic amines) is 1. The van der Waals surface area contributed by atoms with Crippen molar-refractivity contribution in [2.45, 2.75) is 115 Å². The van der Waals surface area contributed by atoms with Crippen molar-refractivity contribution in [1.82, 2.24) is 25.2 Å². The first-order chi connectivity index (χ1) is 34.4. The van der Waals surface area contributed by atoms with Crippen molar-refractivity contribution in [2.24, 2.45) is 11.3 Å². The van der Waals surface area contributed by atoms with Gasteiger partial charge in [0.2, 0.25) is 23.6 Å². The third-order valence-electron chi connectivity index (χ3n) is 13.6. The predicted octanol–water partition coefficient (Wildman–Crippen LogP) is 9.52. The maximum atomic E-state index is 15.4. The number of imide groups is 1. The number of halogens is 2. The van der Waals surface area contributed by atoms with E-state index in [0.717, 1.165) is 22.4 Å². The lowest BCUT2D eigenvalue weighted by Gasteiger charge is -2.53. The van der Waals surface area contributed by atoms with E-state index < -0.39 is 35.4 Å². The molecule has 4 aromatic carbocycles. The Morgan fingerprint density at radius 2 is 1.65 bits per heavy atom. The van der Waals surface area contributed by atoms with Crippen molar-refractivity contribution < 1.29 is 33.5 Å². The molecule has 72 heavy (non-hydrogen) atoms. The van der Waals surface area contributed by atoms with E-state index in [9.17, 15) is 24.0 Å². The minimum absolute atomic E-state index is 0.0656. The highest BCUT2D eigenvalue weighted by molar-refractivity contribution is 7.98. The van der Waals surface area contributed by atoms with Gasteiger partial charge in [-0.25, -0.2) is 0 Å². The Bertz CT molecular complexity index is 2700. The van der Waals surface area contributed by atoms with Gasteiger partial charge in [0.1, 0.15) is 17.6 Å². The van der Waals surface area contributed by atoms with Gasteiger partial charge in [-0.3, -0.25) is 39.5 Å². The normalized spacial score (nSPS) is 20.3. The topological polar surface area (TPSA) is 202 Å². The van der Waals surface area contributed by atoms with E-state index in [1.54, 1.807) is 30.3 Å². The molecule has 6 amide bonds. The molecule has 0 saturated carbocycles. The predicted molar refractivity (Wildman–Crippen MR) is 284 cm³/mol. The molecule has 6 N–H and O–H groups in total. The van der Waals surface area contributed by atoms with Crippen LogP contribution in [0.1, 0.15) is 129 Å². The van der Waals surface area contributed by atoms with Gasteiger partial charge >= 0.3 is 0 Å². The Balaban J connectivity index is 1.00. The first kappa shape index (κ1) is 53.7. The fourth-order valence-electron chi connectivity index (χ4n) is 10.0. The summed E-state index contributed by atoms with van der Waals surface area (Å²) in [5, 5.41) is 22.0. The SMILES string of the molecule is COc1cc(NC(=O)C[C@@]2(C)C[C@H](c3cccc(Cl)c3)[C@@H](c3ccc(Cl)cc3)N(C(CC(=N)NSC(C)C)C(C)C)C2=O)ccc1C(=O)NCCCCNc1cccc2c1CN(C1CCC(=O)NC1=O)C2=O. The molecule has 0 aromatic heterocycles. The molecule has 0 spiro atoms. The van der Waals surface area contributed by atoms with Crippen LogP contribution in [0.2, 0.25) is 10.0 Å². The Hall–Kier alpha value is -6.10. The maximum absolute atomic E-state index is 15.4. The summed E-state index contributed by atoms with van der Waals surface area (Å²) in [6.07, 6.45) is 2.27. The summed E-state index contributed by atoms with van der Waals surface area (Å²) in [7, 11) is 1.45. The third kappa shape index (κ3) is 12.6. The van der Waals surface area contributed by atoms with E-state index in [1.807, 2.05) is 94.1 Å². The molecular weight excluding hydrogens is 976 g/mol. The Kier molecular flexibility index (Phi) is 17.6. The highest BCUT2D eigenvalue weighted by atomic mass is 35.5. The van der Waals surface area contributed by atoms with E-state index in [0.29, 0.717) is 65.9 Å². The number of amidine groups is 1. The van der Waals surface area contributed by atoms with Crippen LogP contribution in [0.25, 0.3) is 0 Å². The second-order valence-corrected chi connectivity index (χ2v) is 21.9. The number of benzene rings is 4. The number of carbonyl (C=O) groups is 6. The van der Waals surface area contributed by atoms with Crippen molar-refractivity contribution in [1.29, 1.82) is 5.41 Å². The molecule has 382 valence electrons. The summed E-state index contributed by atoms with van der Waals surface area (Å²) in [6.45, 7) is 11.2. The average Bonchev–Trinajstić information content (AvgIpc) is 3.67. The molecule has 3 aliphatic rings. The number of piperidine rings is 2. The molecule has 3 heterocycles. The lowest BCUT2D eigenvalue weighted by atomic mass is 9.66. The maximum Gasteiger partial charge on any atom is 0.255 e. The standard InChI is InChI=1S/C54H64Cl2N8O7S/c1-31(2)44(27-46(57)62-72-32(3)4)64-49(33-15-17-35(55)18-16-33)40(34-11-9-12-36(56)25-34)28-54(5,53(64)70)29-48(66)60-37-19-20-39(45(26-37)71-6)50(67)59-24-8-7-23-58-42-14-10-13-38-41(42)30-63(52(38)69)43-21-22-47(65)61-51(43)68/h9-20,25-26,31-32,40,43-44,49,58H,7-8,21-24,27-30H2,1-6H3,(H2,57,62)(H,59,67)(H,60,66)(H,61,65,68)/t40-,43?,44?,49-,54-/m1/s1. The number of ether oxygens (including phenoxy) is 1. The zero-order valence-corrected chi connectivity index (χ0v) is 43.9. The van der Waals surface area contributed by atoms with Crippen LogP contribution in [0.15, 0.2) is 84.9 Å². The lowest BCUT2D eigenvalue weighted by Crippen LogP contribution is -2.58. The molecule has 2 unspecified atom stereocenters. The van der Waals surface area contributed by atoms with Gasteiger partial charge < -0.3 is 35.2 Å². The molecule has 2 saturated heterocycles. The van der Waals surface area contributed by atoms with Gasteiger partial charge in [0.05, 0.1) is 24.1 Å². The van der Waals surface area contributed by atoms with E-state index >= 15 is 4.79 Å². The summed E-state index contributed by atoms with van der Waals surface area (Å²) >= 11 is 14.5.